The minimum Gasteiger partial charge on any atom is -0.480 e. The van der Waals surface area contributed by atoms with E-state index >= 15 is 0 Å². The Morgan fingerprint density at radius 1 is 1.09 bits per heavy atom. The van der Waals surface area contributed by atoms with Crippen LogP contribution in [-0.4, -0.2) is 33.8 Å². The van der Waals surface area contributed by atoms with Crippen molar-refractivity contribution < 1.29 is 19.5 Å². The Morgan fingerprint density at radius 3 is 2.29 bits per heavy atom. The third-order valence-corrected chi connectivity index (χ3v) is 7.26. The number of halogens is 2. The number of ketones is 1. The third-order valence-electron chi connectivity index (χ3n) is 6.68. The molecular formula is C25H25Cl2N3O4. The van der Waals surface area contributed by atoms with Crippen molar-refractivity contribution in [2.24, 2.45) is 5.41 Å². The molecule has 178 valence electrons. The third kappa shape index (κ3) is 4.55. The smallest absolute Gasteiger partial charge is 0.326 e. The van der Waals surface area contributed by atoms with E-state index in [0.717, 1.165) is 43.4 Å². The van der Waals surface area contributed by atoms with Crippen LogP contribution in [0.2, 0.25) is 10.0 Å². The molecule has 7 nitrogen and oxygen atoms in total. The van der Waals surface area contributed by atoms with Crippen LogP contribution in [0.3, 0.4) is 0 Å². The summed E-state index contributed by atoms with van der Waals surface area (Å²) in [4.78, 5) is 41.0. The van der Waals surface area contributed by atoms with Crippen LogP contribution in [0.1, 0.15) is 54.9 Å². The zero-order chi connectivity index (χ0) is 24.5. The molecule has 0 aliphatic heterocycles. The fraction of sp³-hybridized carbons (Fsp3) is 0.360. The van der Waals surface area contributed by atoms with Gasteiger partial charge in [0.25, 0.3) is 5.91 Å². The lowest BCUT2D eigenvalue weighted by atomic mass is 9.59. The standard InChI is InChI=1S/C25H25Cl2N3O4/c1-14-21(25(22(14)31)9-3-2-4-10-25)30-19(24(33)34)11-15-5-7-16(8-6-15)29-23(32)20-17(26)12-28-13-18(20)27/h5-8,12-13,19,30H,2-4,9-11H2,1H3,(H,29,32)(H,33,34). The van der Waals surface area contributed by atoms with Gasteiger partial charge in [0.1, 0.15) is 6.04 Å². The molecule has 9 heteroatoms. The van der Waals surface area contributed by atoms with Crippen LogP contribution >= 0.6 is 23.2 Å². The highest BCUT2D eigenvalue weighted by Gasteiger charge is 2.52. The number of rotatable bonds is 7. The molecule has 0 bridgehead atoms. The van der Waals surface area contributed by atoms with Crippen molar-refractivity contribution in [3.05, 3.63) is 69.1 Å². The molecule has 1 unspecified atom stereocenters. The summed E-state index contributed by atoms with van der Waals surface area (Å²) in [5.74, 6) is -1.30. The molecule has 4 rings (SSSR count). The number of nitrogens with one attached hydrogen (secondary N) is 2. The molecule has 0 saturated heterocycles. The molecule has 1 atom stereocenters. The second-order valence-electron chi connectivity index (χ2n) is 8.84. The number of pyridine rings is 1. The lowest BCUT2D eigenvalue weighted by Crippen LogP contribution is -2.54. The summed E-state index contributed by atoms with van der Waals surface area (Å²) in [7, 11) is 0. The van der Waals surface area contributed by atoms with Gasteiger partial charge in [-0.05, 0) is 37.5 Å². The number of benzene rings is 1. The number of aromatic nitrogens is 1. The second kappa shape index (κ2) is 9.76. The van der Waals surface area contributed by atoms with Gasteiger partial charge in [0.05, 0.1) is 21.0 Å². The van der Waals surface area contributed by atoms with E-state index in [4.69, 9.17) is 23.2 Å². The number of hydrogen-bond acceptors (Lipinski definition) is 5. The molecule has 34 heavy (non-hydrogen) atoms. The summed E-state index contributed by atoms with van der Waals surface area (Å²) in [6.07, 6.45) is 7.52. The van der Waals surface area contributed by atoms with Crippen LogP contribution in [0.15, 0.2) is 47.9 Å². The number of carboxylic acids is 1. The van der Waals surface area contributed by atoms with Gasteiger partial charge >= 0.3 is 5.97 Å². The molecule has 1 aromatic heterocycles. The van der Waals surface area contributed by atoms with Gasteiger partial charge in [-0.1, -0.05) is 54.6 Å². The van der Waals surface area contributed by atoms with E-state index in [9.17, 15) is 19.5 Å². The van der Waals surface area contributed by atoms with Crippen LogP contribution in [0.4, 0.5) is 5.69 Å². The average Bonchev–Trinajstić information content (AvgIpc) is 2.82. The number of hydrogen-bond donors (Lipinski definition) is 3. The summed E-state index contributed by atoms with van der Waals surface area (Å²) < 4.78 is 0. The molecule has 1 spiro atoms. The van der Waals surface area contributed by atoms with Crippen LogP contribution < -0.4 is 10.6 Å². The largest absolute Gasteiger partial charge is 0.480 e. The maximum atomic E-state index is 12.6. The monoisotopic (exact) mass is 501 g/mol. The summed E-state index contributed by atoms with van der Waals surface area (Å²) in [5.41, 5.74) is 2.33. The minimum absolute atomic E-state index is 0.132. The molecule has 1 aromatic carbocycles. The predicted octanol–water partition coefficient (Wildman–Crippen LogP) is 5.03. The molecule has 0 radical (unpaired) electrons. The first-order valence-corrected chi connectivity index (χ1v) is 11.9. The number of carbonyl (C=O) groups is 3. The normalized spacial score (nSPS) is 17.8. The van der Waals surface area contributed by atoms with Gasteiger partial charge in [0.2, 0.25) is 0 Å². The highest BCUT2D eigenvalue weighted by Crippen LogP contribution is 2.51. The van der Waals surface area contributed by atoms with Crippen LogP contribution in [0.5, 0.6) is 0 Å². The topological polar surface area (TPSA) is 108 Å². The summed E-state index contributed by atoms with van der Waals surface area (Å²) in [6, 6.07) is 6.02. The van der Waals surface area contributed by atoms with Gasteiger partial charge in [-0.3, -0.25) is 14.6 Å². The molecule has 1 saturated carbocycles. The first-order chi connectivity index (χ1) is 16.2. The van der Waals surface area contributed by atoms with E-state index in [2.05, 4.69) is 15.6 Å². The minimum atomic E-state index is -0.982. The van der Waals surface area contributed by atoms with Crippen molar-refractivity contribution in [1.82, 2.24) is 10.3 Å². The maximum Gasteiger partial charge on any atom is 0.326 e. The van der Waals surface area contributed by atoms with Crippen molar-refractivity contribution in [1.29, 1.82) is 0 Å². The Balaban J connectivity index is 1.45. The van der Waals surface area contributed by atoms with E-state index in [1.54, 1.807) is 31.2 Å². The molecule has 1 heterocycles. The van der Waals surface area contributed by atoms with Crippen molar-refractivity contribution in [2.75, 3.05) is 5.32 Å². The average molecular weight is 502 g/mol. The fourth-order valence-electron chi connectivity index (χ4n) is 4.92. The quantitative estimate of drug-likeness (QED) is 0.490. The number of nitrogens with zero attached hydrogens (tertiary/aromatic N) is 1. The summed E-state index contributed by atoms with van der Waals surface area (Å²) >= 11 is 12.1. The van der Waals surface area contributed by atoms with Crippen molar-refractivity contribution in [3.8, 4) is 0 Å². The number of allylic oxidation sites excluding steroid dienone is 2. The second-order valence-corrected chi connectivity index (χ2v) is 9.65. The van der Waals surface area contributed by atoms with Gasteiger partial charge in [0, 0.05) is 35.8 Å². The first kappa shape index (κ1) is 24.2. The fourth-order valence-corrected chi connectivity index (χ4v) is 5.45. The molecule has 1 amide bonds. The number of anilines is 1. The van der Waals surface area contributed by atoms with E-state index in [-0.39, 0.29) is 27.8 Å². The number of aliphatic carboxylic acids is 1. The van der Waals surface area contributed by atoms with Gasteiger partial charge in [-0.15, -0.1) is 0 Å². The Bertz CT molecular complexity index is 1150. The zero-order valence-corrected chi connectivity index (χ0v) is 20.2. The van der Waals surface area contributed by atoms with Crippen LogP contribution in [0, 0.1) is 5.41 Å². The Labute approximate surface area is 207 Å². The highest BCUT2D eigenvalue weighted by atomic mass is 35.5. The van der Waals surface area contributed by atoms with Gasteiger partial charge in [-0.2, -0.15) is 0 Å². The van der Waals surface area contributed by atoms with E-state index < -0.39 is 23.3 Å². The van der Waals surface area contributed by atoms with Crippen LogP contribution in [0.25, 0.3) is 0 Å². The van der Waals surface area contributed by atoms with E-state index in [1.165, 1.54) is 12.4 Å². The number of carbonyl (C=O) groups excluding carboxylic acids is 2. The van der Waals surface area contributed by atoms with Crippen molar-refractivity contribution >= 4 is 46.5 Å². The lowest BCUT2D eigenvalue weighted by molar-refractivity contribution is -0.140. The van der Waals surface area contributed by atoms with Crippen LogP contribution in [-0.2, 0) is 16.0 Å². The molecule has 2 aliphatic rings. The molecule has 3 N–H and O–H groups in total. The van der Waals surface area contributed by atoms with Crippen molar-refractivity contribution in [3.63, 3.8) is 0 Å². The Morgan fingerprint density at radius 2 is 1.71 bits per heavy atom. The SMILES string of the molecule is CC1=C(NC(Cc2ccc(NC(=O)c3c(Cl)cncc3Cl)cc2)C(=O)O)C2(CCCCC2)C1=O. The Kier molecular flexibility index (Phi) is 6.96. The lowest BCUT2D eigenvalue weighted by Gasteiger charge is -2.47. The van der Waals surface area contributed by atoms with Gasteiger partial charge in [0.15, 0.2) is 5.78 Å². The predicted molar refractivity (Wildman–Crippen MR) is 130 cm³/mol. The van der Waals surface area contributed by atoms with Gasteiger partial charge < -0.3 is 15.7 Å². The van der Waals surface area contributed by atoms with Gasteiger partial charge in [-0.25, -0.2) is 4.79 Å². The summed E-state index contributed by atoms with van der Waals surface area (Å²) in [6.45, 7) is 1.77. The number of amides is 1. The van der Waals surface area contributed by atoms with E-state index in [1.807, 2.05) is 0 Å². The zero-order valence-electron chi connectivity index (χ0n) is 18.7. The number of carboxylic acid groups (broad SMARTS) is 1. The van der Waals surface area contributed by atoms with Crippen molar-refractivity contribution in [2.45, 2.75) is 51.5 Å². The first-order valence-electron chi connectivity index (χ1n) is 11.2. The summed E-state index contributed by atoms with van der Waals surface area (Å²) in [5, 5.41) is 16.0. The molecule has 2 aromatic rings. The van der Waals surface area contributed by atoms with E-state index in [0.29, 0.717) is 11.3 Å². The number of Topliss-reactive ketones (excluding diaryl/α,β-unsaturated/α-hetero) is 1. The maximum absolute atomic E-state index is 12.6. The highest BCUT2D eigenvalue weighted by molar-refractivity contribution is 6.40. The molecule has 2 aliphatic carbocycles. The molecular weight excluding hydrogens is 477 g/mol. The molecule has 1 fully saturated rings. The Hall–Kier alpha value is -2.90.